The highest BCUT2D eigenvalue weighted by Gasteiger charge is 2.35. The Kier molecular flexibility index (Phi) is 4.09. The second-order valence-electron chi connectivity index (χ2n) is 5.69. The molecule has 1 amide bonds. The Balaban J connectivity index is 1.94. The van der Waals surface area contributed by atoms with Gasteiger partial charge in [-0.15, -0.1) is 0 Å². The largest absolute Gasteiger partial charge is 0.497 e. The molecule has 1 fully saturated rings. The molecule has 4 nitrogen and oxygen atoms in total. The third-order valence-corrected chi connectivity index (χ3v) is 4.21. The molecule has 0 saturated heterocycles. The van der Waals surface area contributed by atoms with Crippen molar-refractivity contribution in [1.29, 1.82) is 0 Å². The summed E-state index contributed by atoms with van der Waals surface area (Å²) in [6.45, 7) is 2.13. The van der Waals surface area contributed by atoms with Gasteiger partial charge in [0, 0.05) is 29.7 Å². The van der Waals surface area contributed by atoms with Gasteiger partial charge < -0.3 is 9.64 Å². The number of pyridine rings is 1. The van der Waals surface area contributed by atoms with E-state index in [1.54, 1.807) is 31.6 Å². The van der Waals surface area contributed by atoms with Crippen LogP contribution in [0.3, 0.4) is 0 Å². The summed E-state index contributed by atoms with van der Waals surface area (Å²) in [5.41, 5.74) is 1.57. The molecule has 1 aliphatic carbocycles. The summed E-state index contributed by atoms with van der Waals surface area (Å²) in [6, 6.07) is 11.4. The van der Waals surface area contributed by atoms with Crippen LogP contribution in [0.25, 0.3) is 0 Å². The maximum absolute atomic E-state index is 12.9. The summed E-state index contributed by atoms with van der Waals surface area (Å²) in [5.74, 6) is 1.40. The van der Waals surface area contributed by atoms with Gasteiger partial charge in [0.25, 0.3) is 5.91 Å². The first-order valence-corrected chi connectivity index (χ1v) is 7.58. The molecule has 1 unspecified atom stereocenters. The molecular formula is C18H20N2O2. The van der Waals surface area contributed by atoms with Crippen LogP contribution < -0.4 is 9.64 Å². The fourth-order valence-corrected chi connectivity index (χ4v) is 2.70. The van der Waals surface area contributed by atoms with E-state index < -0.39 is 0 Å². The molecule has 1 atom stereocenters. The van der Waals surface area contributed by atoms with Crippen molar-refractivity contribution in [2.45, 2.75) is 25.8 Å². The molecule has 0 spiro atoms. The van der Waals surface area contributed by atoms with Gasteiger partial charge in [0.15, 0.2) is 0 Å². The molecule has 1 heterocycles. The lowest BCUT2D eigenvalue weighted by Gasteiger charge is -2.29. The number of hydrogen-bond acceptors (Lipinski definition) is 3. The zero-order valence-electron chi connectivity index (χ0n) is 12.9. The van der Waals surface area contributed by atoms with Crippen molar-refractivity contribution < 1.29 is 9.53 Å². The van der Waals surface area contributed by atoms with Gasteiger partial charge >= 0.3 is 0 Å². The van der Waals surface area contributed by atoms with Crippen LogP contribution in [0.15, 0.2) is 48.8 Å². The lowest BCUT2D eigenvalue weighted by atomic mass is 10.1. The van der Waals surface area contributed by atoms with E-state index in [1.165, 1.54) is 12.8 Å². The Morgan fingerprint density at radius 3 is 2.36 bits per heavy atom. The van der Waals surface area contributed by atoms with Crippen LogP contribution >= 0.6 is 0 Å². The van der Waals surface area contributed by atoms with E-state index in [-0.39, 0.29) is 11.9 Å². The number of anilines is 1. The number of ether oxygens (including phenoxy) is 1. The zero-order valence-corrected chi connectivity index (χ0v) is 12.9. The Morgan fingerprint density at radius 1 is 1.18 bits per heavy atom. The molecule has 3 rings (SSSR count). The number of carbonyl (C=O) groups excluding carboxylic acids is 1. The third-order valence-electron chi connectivity index (χ3n) is 4.21. The Bertz CT molecular complexity index is 636. The van der Waals surface area contributed by atoms with Crippen molar-refractivity contribution in [3.63, 3.8) is 0 Å². The minimum Gasteiger partial charge on any atom is -0.497 e. The molecule has 1 aliphatic rings. The maximum atomic E-state index is 12.9. The van der Waals surface area contributed by atoms with Crippen LogP contribution in [0.1, 0.15) is 30.1 Å². The molecule has 0 aliphatic heterocycles. The minimum absolute atomic E-state index is 0.0203. The third kappa shape index (κ3) is 2.96. The predicted octanol–water partition coefficient (Wildman–Crippen LogP) is 3.54. The van der Waals surface area contributed by atoms with Crippen LogP contribution in [0.4, 0.5) is 5.69 Å². The fourth-order valence-electron chi connectivity index (χ4n) is 2.70. The normalized spacial score (nSPS) is 15.2. The smallest absolute Gasteiger partial charge is 0.258 e. The van der Waals surface area contributed by atoms with Gasteiger partial charge in [0.1, 0.15) is 5.75 Å². The summed E-state index contributed by atoms with van der Waals surface area (Å²) in [4.78, 5) is 18.8. The topological polar surface area (TPSA) is 42.4 Å². The van der Waals surface area contributed by atoms with Crippen molar-refractivity contribution in [2.24, 2.45) is 5.92 Å². The van der Waals surface area contributed by atoms with E-state index in [1.807, 2.05) is 29.2 Å². The van der Waals surface area contributed by atoms with E-state index in [0.29, 0.717) is 11.5 Å². The predicted molar refractivity (Wildman–Crippen MR) is 86.2 cm³/mol. The summed E-state index contributed by atoms with van der Waals surface area (Å²) < 4.78 is 5.20. The summed E-state index contributed by atoms with van der Waals surface area (Å²) >= 11 is 0. The number of benzene rings is 1. The van der Waals surface area contributed by atoms with Gasteiger partial charge in [-0.3, -0.25) is 9.78 Å². The van der Waals surface area contributed by atoms with Crippen LogP contribution in [-0.4, -0.2) is 24.0 Å². The first kappa shape index (κ1) is 14.6. The summed E-state index contributed by atoms with van der Waals surface area (Å²) in [7, 11) is 1.64. The van der Waals surface area contributed by atoms with E-state index in [9.17, 15) is 4.79 Å². The molecule has 2 aromatic rings. The zero-order chi connectivity index (χ0) is 15.5. The first-order chi connectivity index (χ1) is 10.7. The maximum Gasteiger partial charge on any atom is 0.258 e. The van der Waals surface area contributed by atoms with Gasteiger partial charge in [0.2, 0.25) is 0 Å². The lowest BCUT2D eigenvalue weighted by molar-refractivity contribution is 0.0975. The Morgan fingerprint density at radius 2 is 1.82 bits per heavy atom. The van der Waals surface area contributed by atoms with E-state index in [4.69, 9.17) is 4.74 Å². The van der Waals surface area contributed by atoms with Crippen LogP contribution in [0, 0.1) is 5.92 Å². The molecule has 4 heteroatoms. The number of amides is 1. The average molecular weight is 296 g/mol. The van der Waals surface area contributed by atoms with Crippen LogP contribution in [0.2, 0.25) is 0 Å². The van der Waals surface area contributed by atoms with Crippen LogP contribution in [0.5, 0.6) is 5.75 Å². The number of methoxy groups -OCH3 is 1. The summed E-state index contributed by atoms with van der Waals surface area (Å²) in [5, 5.41) is 0. The lowest BCUT2D eigenvalue weighted by Crippen LogP contribution is -2.40. The Hall–Kier alpha value is -2.36. The standard InChI is InChI=1S/C18H20N2O2/c1-13(14-3-4-14)20(16-5-7-17(22-2)8-6-16)18(21)15-9-11-19-12-10-15/h5-14H,3-4H2,1-2H3. The summed E-state index contributed by atoms with van der Waals surface area (Å²) in [6.07, 6.45) is 5.69. The molecule has 1 aromatic carbocycles. The van der Waals surface area contributed by atoms with E-state index in [0.717, 1.165) is 11.4 Å². The Labute approximate surface area is 130 Å². The molecule has 1 aromatic heterocycles. The van der Waals surface area contributed by atoms with Crippen molar-refractivity contribution >= 4 is 11.6 Å². The van der Waals surface area contributed by atoms with Gasteiger partial charge in [-0.2, -0.15) is 0 Å². The quantitative estimate of drug-likeness (QED) is 0.847. The highest BCUT2D eigenvalue weighted by atomic mass is 16.5. The molecule has 0 bridgehead atoms. The van der Waals surface area contributed by atoms with Crippen molar-refractivity contribution in [2.75, 3.05) is 12.0 Å². The molecule has 1 saturated carbocycles. The minimum atomic E-state index is 0.0203. The number of nitrogens with zero attached hydrogens (tertiary/aromatic N) is 2. The number of hydrogen-bond donors (Lipinski definition) is 0. The van der Waals surface area contributed by atoms with E-state index >= 15 is 0 Å². The SMILES string of the molecule is COc1ccc(N(C(=O)c2ccncc2)C(C)C2CC2)cc1. The molecular weight excluding hydrogens is 276 g/mol. The second-order valence-corrected chi connectivity index (χ2v) is 5.69. The van der Waals surface area contributed by atoms with Crippen molar-refractivity contribution in [3.8, 4) is 5.75 Å². The number of aromatic nitrogens is 1. The molecule has 114 valence electrons. The number of carbonyl (C=O) groups is 1. The first-order valence-electron chi connectivity index (χ1n) is 7.58. The van der Waals surface area contributed by atoms with Crippen molar-refractivity contribution in [1.82, 2.24) is 4.98 Å². The van der Waals surface area contributed by atoms with Gasteiger partial charge in [-0.1, -0.05) is 0 Å². The van der Waals surface area contributed by atoms with E-state index in [2.05, 4.69) is 11.9 Å². The highest BCUT2D eigenvalue weighted by molar-refractivity contribution is 6.06. The van der Waals surface area contributed by atoms with Gasteiger partial charge in [-0.05, 0) is 62.1 Å². The highest BCUT2D eigenvalue weighted by Crippen LogP contribution is 2.37. The van der Waals surface area contributed by atoms with Gasteiger partial charge in [0.05, 0.1) is 7.11 Å². The number of rotatable bonds is 5. The average Bonchev–Trinajstić information content (AvgIpc) is 3.41. The molecule has 0 N–H and O–H groups in total. The van der Waals surface area contributed by atoms with Crippen molar-refractivity contribution in [3.05, 3.63) is 54.4 Å². The molecule has 0 radical (unpaired) electrons. The van der Waals surface area contributed by atoms with Gasteiger partial charge in [-0.25, -0.2) is 0 Å². The fraction of sp³-hybridized carbons (Fsp3) is 0.333. The monoisotopic (exact) mass is 296 g/mol. The molecule has 22 heavy (non-hydrogen) atoms. The van der Waals surface area contributed by atoms with Crippen LogP contribution in [-0.2, 0) is 0 Å². The second kappa shape index (κ2) is 6.18.